The summed E-state index contributed by atoms with van der Waals surface area (Å²) in [5.41, 5.74) is 4.01. The minimum atomic E-state index is 0.575. The number of benzene rings is 1. The fraction of sp³-hybridized carbons (Fsp3) is 0.529. The summed E-state index contributed by atoms with van der Waals surface area (Å²) in [6.07, 6.45) is 8.99. The second-order valence-electron chi connectivity index (χ2n) is 4.83. The average Bonchev–Trinajstić information content (AvgIpc) is 2.39. The summed E-state index contributed by atoms with van der Waals surface area (Å²) in [6, 6.07) is 7.37. The van der Waals surface area contributed by atoms with Gasteiger partial charge in [-0.1, -0.05) is 51.5 Å². The summed E-state index contributed by atoms with van der Waals surface area (Å²) < 4.78 is 0. The maximum atomic E-state index is 3.68. The summed E-state index contributed by atoms with van der Waals surface area (Å²) in [5.74, 6) is 0. The monoisotopic (exact) mass is 245 g/mol. The lowest BCUT2D eigenvalue weighted by Crippen LogP contribution is -2.17. The van der Waals surface area contributed by atoms with Crippen LogP contribution in [0.25, 0.3) is 6.08 Å². The maximum Gasteiger partial charge on any atom is 0.0418 e. The molecule has 0 radical (unpaired) electrons. The van der Waals surface area contributed by atoms with Gasteiger partial charge in [0.15, 0.2) is 0 Å². The molecule has 0 saturated carbocycles. The smallest absolute Gasteiger partial charge is 0.0418 e. The third kappa shape index (κ3) is 4.21. The van der Waals surface area contributed by atoms with Gasteiger partial charge in [0.1, 0.15) is 0 Å². The van der Waals surface area contributed by atoms with Gasteiger partial charge in [0.05, 0.1) is 0 Å². The first kappa shape index (κ1) is 14.8. The lowest BCUT2D eigenvalue weighted by atomic mass is 10.0. The Kier molecular flexibility index (Phi) is 6.56. The molecule has 0 fully saturated rings. The molecule has 0 bridgehead atoms. The molecule has 0 atom stereocenters. The second-order valence-corrected chi connectivity index (χ2v) is 4.83. The van der Waals surface area contributed by atoms with Gasteiger partial charge in [-0.05, 0) is 43.4 Å². The molecular weight excluding hydrogens is 218 g/mol. The van der Waals surface area contributed by atoms with Gasteiger partial charge in [0.25, 0.3) is 0 Å². The fourth-order valence-electron chi connectivity index (χ4n) is 2.21. The highest BCUT2D eigenvalue weighted by molar-refractivity contribution is 5.67. The molecule has 1 aromatic rings. The minimum absolute atomic E-state index is 0.575. The number of rotatable bonds is 7. The van der Waals surface area contributed by atoms with Gasteiger partial charge in [-0.3, -0.25) is 0 Å². The lowest BCUT2D eigenvalue weighted by Gasteiger charge is -2.19. The van der Waals surface area contributed by atoms with E-state index in [1.54, 1.807) is 0 Å². The number of allylic oxidation sites excluding steroid dienone is 1. The summed E-state index contributed by atoms with van der Waals surface area (Å²) in [4.78, 5) is 0. The van der Waals surface area contributed by atoms with Crippen LogP contribution in [0.4, 0.5) is 5.69 Å². The Morgan fingerprint density at radius 3 is 2.44 bits per heavy atom. The number of anilines is 1. The highest BCUT2D eigenvalue weighted by Gasteiger charge is 2.06. The van der Waals surface area contributed by atoms with Gasteiger partial charge < -0.3 is 5.32 Å². The third-order valence-corrected chi connectivity index (χ3v) is 3.35. The summed E-state index contributed by atoms with van der Waals surface area (Å²) >= 11 is 0. The van der Waals surface area contributed by atoms with E-state index in [0.29, 0.717) is 6.04 Å². The highest BCUT2D eigenvalue weighted by atomic mass is 14.9. The van der Waals surface area contributed by atoms with E-state index in [2.05, 4.69) is 63.4 Å². The molecule has 0 aromatic heterocycles. The first-order valence-electron chi connectivity index (χ1n) is 7.27. The van der Waals surface area contributed by atoms with Crippen molar-refractivity contribution in [2.75, 3.05) is 5.32 Å². The first-order chi connectivity index (χ1) is 8.74. The van der Waals surface area contributed by atoms with Gasteiger partial charge in [-0.15, -0.1) is 0 Å². The van der Waals surface area contributed by atoms with Gasteiger partial charge in [0, 0.05) is 11.7 Å². The number of nitrogens with one attached hydrogen (secondary N) is 1. The van der Waals surface area contributed by atoms with E-state index in [4.69, 9.17) is 0 Å². The van der Waals surface area contributed by atoms with Gasteiger partial charge in [-0.2, -0.15) is 0 Å². The van der Waals surface area contributed by atoms with Crippen molar-refractivity contribution in [3.8, 4) is 0 Å². The summed E-state index contributed by atoms with van der Waals surface area (Å²) in [6.45, 7) is 8.79. The van der Waals surface area contributed by atoms with E-state index in [1.807, 2.05) is 0 Å². The molecule has 0 amide bonds. The van der Waals surface area contributed by atoms with E-state index in [0.717, 1.165) is 6.42 Å². The normalized spacial score (nSPS) is 11.4. The lowest BCUT2D eigenvalue weighted by molar-refractivity contribution is 0.671. The predicted molar refractivity (Wildman–Crippen MR) is 83.1 cm³/mol. The molecule has 0 heterocycles. The quantitative estimate of drug-likeness (QED) is 0.689. The van der Waals surface area contributed by atoms with Crippen LogP contribution in [0, 0.1) is 0 Å². The summed E-state index contributed by atoms with van der Waals surface area (Å²) in [7, 11) is 0. The molecule has 1 rings (SSSR count). The van der Waals surface area contributed by atoms with Crippen molar-refractivity contribution in [3.63, 3.8) is 0 Å². The van der Waals surface area contributed by atoms with Crippen LogP contribution in [0.1, 0.15) is 58.1 Å². The Balaban J connectivity index is 2.98. The van der Waals surface area contributed by atoms with Crippen LogP contribution >= 0.6 is 0 Å². The summed E-state index contributed by atoms with van der Waals surface area (Å²) in [5, 5.41) is 3.68. The van der Waals surface area contributed by atoms with E-state index >= 15 is 0 Å². The fourth-order valence-corrected chi connectivity index (χ4v) is 2.21. The van der Waals surface area contributed by atoms with Gasteiger partial charge >= 0.3 is 0 Å². The first-order valence-corrected chi connectivity index (χ1v) is 7.27. The Morgan fingerprint density at radius 2 is 1.89 bits per heavy atom. The molecule has 0 spiro atoms. The largest absolute Gasteiger partial charge is 0.382 e. The Morgan fingerprint density at radius 1 is 1.17 bits per heavy atom. The number of aryl methyl sites for hydroxylation is 1. The van der Waals surface area contributed by atoms with Gasteiger partial charge in [-0.25, -0.2) is 0 Å². The van der Waals surface area contributed by atoms with Crippen molar-refractivity contribution in [3.05, 3.63) is 35.4 Å². The van der Waals surface area contributed by atoms with E-state index < -0.39 is 0 Å². The van der Waals surface area contributed by atoms with Crippen LogP contribution in [0.15, 0.2) is 24.3 Å². The van der Waals surface area contributed by atoms with Crippen molar-refractivity contribution in [1.29, 1.82) is 0 Å². The van der Waals surface area contributed by atoms with Crippen molar-refractivity contribution >= 4 is 11.8 Å². The Hall–Kier alpha value is -1.24. The zero-order valence-electron chi connectivity index (χ0n) is 12.3. The molecule has 1 aromatic carbocycles. The van der Waals surface area contributed by atoms with Crippen LogP contribution < -0.4 is 5.32 Å². The van der Waals surface area contributed by atoms with Crippen LogP contribution in [0.3, 0.4) is 0 Å². The molecule has 0 saturated heterocycles. The van der Waals surface area contributed by atoms with Crippen LogP contribution in [0.5, 0.6) is 0 Å². The zero-order chi connectivity index (χ0) is 13.4. The maximum absolute atomic E-state index is 3.68. The van der Waals surface area contributed by atoms with Gasteiger partial charge in [0.2, 0.25) is 0 Å². The molecule has 100 valence electrons. The minimum Gasteiger partial charge on any atom is -0.382 e. The van der Waals surface area contributed by atoms with E-state index in [1.165, 1.54) is 36.1 Å². The van der Waals surface area contributed by atoms with Crippen molar-refractivity contribution in [2.24, 2.45) is 0 Å². The molecule has 1 heteroatoms. The van der Waals surface area contributed by atoms with Crippen LogP contribution in [-0.2, 0) is 6.42 Å². The van der Waals surface area contributed by atoms with Crippen molar-refractivity contribution < 1.29 is 0 Å². The molecular formula is C17H27N. The van der Waals surface area contributed by atoms with Crippen LogP contribution in [0.2, 0.25) is 0 Å². The molecule has 1 nitrogen and oxygen atoms in total. The van der Waals surface area contributed by atoms with E-state index in [-0.39, 0.29) is 0 Å². The molecule has 1 N–H and O–H groups in total. The molecule has 0 unspecified atom stereocenters. The molecule has 18 heavy (non-hydrogen) atoms. The number of hydrogen-bond acceptors (Lipinski definition) is 1. The topological polar surface area (TPSA) is 12.0 Å². The van der Waals surface area contributed by atoms with Crippen LogP contribution in [-0.4, -0.2) is 6.04 Å². The second kappa shape index (κ2) is 7.97. The zero-order valence-corrected chi connectivity index (χ0v) is 12.3. The molecule has 0 aliphatic rings. The Bertz CT molecular complexity index is 375. The third-order valence-electron chi connectivity index (χ3n) is 3.35. The van der Waals surface area contributed by atoms with E-state index in [9.17, 15) is 0 Å². The molecule has 0 aliphatic carbocycles. The Labute approximate surface area is 112 Å². The SMILES string of the molecule is CC=Cc1ccc(CCC)cc1NC(CC)CC. The van der Waals surface area contributed by atoms with Crippen molar-refractivity contribution in [1.82, 2.24) is 0 Å². The highest BCUT2D eigenvalue weighted by Crippen LogP contribution is 2.22. The number of hydrogen-bond donors (Lipinski definition) is 1. The predicted octanol–water partition coefficient (Wildman–Crippen LogP) is 5.27. The van der Waals surface area contributed by atoms with Crippen molar-refractivity contribution in [2.45, 2.75) is 59.4 Å². The standard InChI is InChI=1S/C17H27N/c1-5-9-14-11-12-15(10-6-2)17(13-14)18-16(7-3)8-4/h6,10-13,16,18H,5,7-9H2,1-4H3. The molecule has 0 aliphatic heterocycles. The average molecular weight is 245 g/mol.